The standard InChI is InChI=1S/C25H35NO3S/c1-2-3-4-5-6-7-8-9-10-11-12-16-23(30-18-17-24(27)28)25(29)22-15-13-14-21(19-22)20-26/h10-16,19,23,25,29H,2-9,17-18H2,1H3,(H,27,28)/b11-10-,16-12+/t23-,25+/m0/s1. The van der Waals surface area contributed by atoms with Crippen LogP contribution < -0.4 is 0 Å². The van der Waals surface area contributed by atoms with Crippen LogP contribution in [0.25, 0.3) is 0 Å². The van der Waals surface area contributed by atoms with Crippen molar-refractivity contribution in [2.24, 2.45) is 0 Å². The number of carbonyl (C=O) groups is 1. The molecule has 1 rings (SSSR count). The molecule has 0 aromatic heterocycles. The maximum atomic E-state index is 10.8. The van der Waals surface area contributed by atoms with E-state index in [9.17, 15) is 9.90 Å². The van der Waals surface area contributed by atoms with Crippen molar-refractivity contribution in [3.63, 3.8) is 0 Å². The monoisotopic (exact) mass is 429 g/mol. The quantitative estimate of drug-likeness (QED) is 0.234. The van der Waals surface area contributed by atoms with Crippen molar-refractivity contribution in [2.45, 2.75) is 76.1 Å². The van der Waals surface area contributed by atoms with Crippen molar-refractivity contribution < 1.29 is 15.0 Å². The van der Waals surface area contributed by atoms with Crippen molar-refractivity contribution in [3.8, 4) is 6.07 Å². The molecule has 0 aliphatic heterocycles. The van der Waals surface area contributed by atoms with Crippen LogP contribution in [0.2, 0.25) is 0 Å². The first-order chi connectivity index (χ1) is 14.6. The zero-order valence-corrected chi connectivity index (χ0v) is 18.8. The second kappa shape index (κ2) is 16.7. The van der Waals surface area contributed by atoms with E-state index < -0.39 is 12.1 Å². The lowest BCUT2D eigenvalue weighted by Gasteiger charge is -2.20. The van der Waals surface area contributed by atoms with Gasteiger partial charge in [-0.2, -0.15) is 17.0 Å². The van der Waals surface area contributed by atoms with Crippen molar-refractivity contribution in [3.05, 3.63) is 59.7 Å². The molecule has 1 aromatic rings. The number of hydrogen-bond acceptors (Lipinski definition) is 4. The van der Waals surface area contributed by atoms with E-state index in [1.807, 2.05) is 18.2 Å². The van der Waals surface area contributed by atoms with Crippen LogP contribution in [0.3, 0.4) is 0 Å². The number of thioether (sulfide) groups is 1. The van der Waals surface area contributed by atoms with Gasteiger partial charge >= 0.3 is 5.97 Å². The van der Waals surface area contributed by atoms with Crippen molar-refractivity contribution in [1.29, 1.82) is 5.26 Å². The fourth-order valence-corrected chi connectivity index (χ4v) is 4.19. The lowest BCUT2D eigenvalue weighted by Crippen LogP contribution is -2.14. The molecule has 0 bridgehead atoms. The highest BCUT2D eigenvalue weighted by molar-refractivity contribution is 8.00. The molecular formula is C25H35NO3S. The molecule has 0 saturated carbocycles. The molecule has 1 aromatic carbocycles. The van der Waals surface area contributed by atoms with Gasteiger partial charge in [0.25, 0.3) is 0 Å². The predicted octanol–water partition coefficient (Wildman–Crippen LogP) is 6.42. The number of rotatable bonds is 16. The number of hydrogen-bond donors (Lipinski definition) is 2. The zero-order valence-electron chi connectivity index (χ0n) is 18.0. The second-order valence-electron chi connectivity index (χ2n) is 7.38. The molecule has 4 nitrogen and oxygen atoms in total. The molecule has 0 amide bonds. The first kappa shape index (κ1) is 26.0. The molecule has 2 N–H and O–H groups in total. The van der Waals surface area contributed by atoms with E-state index in [1.54, 1.807) is 24.3 Å². The maximum absolute atomic E-state index is 10.8. The Labute approximate surface area is 185 Å². The summed E-state index contributed by atoms with van der Waals surface area (Å²) in [6, 6.07) is 9.01. The van der Waals surface area contributed by atoms with Gasteiger partial charge in [0, 0.05) is 5.75 Å². The van der Waals surface area contributed by atoms with Crippen LogP contribution in [0, 0.1) is 11.3 Å². The summed E-state index contributed by atoms with van der Waals surface area (Å²) in [6.45, 7) is 2.23. The highest BCUT2D eigenvalue weighted by Crippen LogP contribution is 2.29. The van der Waals surface area contributed by atoms with Crippen molar-refractivity contribution in [2.75, 3.05) is 5.75 Å². The van der Waals surface area contributed by atoms with Crippen LogP contribution in [0.15, 0.2) is 48.6 Å². The summed E-state index contributed by atoms with van der Waals surface area (Å²) in [4.78, 5) is 10.8. The van der Waals surface area contributed by atoms with E-state index in [2.05, 4.69) is 19.1 Å². The number of allylic oxidation sites excluding steroid dienone is 3. The van der Waals surface area contributed by atoms with Gasteiger partial charge in [-0.05, 0) is 30.5 Å². The number of aliphatic hydroxyl groups excluding tert-OH is 1. The molecule has 0 saturated heterocycles. The van der Waals surface area contributed by atoms with Crippen molar-refractivity contribution in [1.82, 2.24) is 0 Å². The summed E-state index contributed by atoms with van der Waals surface area (Å²) in [7, 11) is 0. The van der Waals surface area contributed by atoms with Crippen LogP contribution in [0.1, 0.15) is 81.9 Å². The third kappa shape index (κ3) is 11.8. The molecule has 30 heavy (non-hydrogen) atoms. The van der Waals surface area contributed by atoms with Gasteiger partial charge in [0.05, 0.1) is 29.4 Å². The summed E-state index contributed by atoms with van der Waals surface area (Å²) in [5, 5.41) is 28.5. The molecule has 0 aliphatic rings. The highest BCUT2D eigenvalue weighted by Gasteiger charge is 2.19. The van der Waals surface area contributed by atoms with Gasteiger partial charge in [-0.25, -0.2) is 0 Å². The van der Waals surface area contributed by atoms with E-state index in [0.717, 1.165) is 6.42 Å². The summed E-state index contributed by atoms with van der Waals surface area (Å²) in [5.41, 5.74) is 1.16. The van der Waals surface area contributed by atoms with E-state index in [-0.39, 0.29) is 11.7 Å². The van der Waals surface area contributed by atoms with Crippen LogP contribution in [0.5, 0.6) is 0 Å². The van der Waals surface area contributed by atoms with Gasteiger partial charge < -0.3 is 10.2 Å². The minimum Gasteiger partial charge on any atom is -0.481 e. The minimum atomic E-state index is -0.846. The summed E-state index contributed by atoms with van der Waals surface area (Å²) < 4.78 is 0. The minimum absolute atomic E-state index is 0.0497. The molecular weight excluding hydrogens is 394 g/mol. The van der Waals surface area contributed by atoms with Gasteiger partial charge in [0.2, 0.25) is 0 Å². The Morgan fingerprint density at radius 3 is 2.60 bits per heavy atom. The molecule has 0 fully saturated rings. The first-order valence-electron chi connectivity index (χ1n) is 10.9. The van der Waals surface area contributed by atoms with Crippen LogP contribution >= 0.6 is 11.8 Å². The summed E-state index contributed by atoms with van der Waals surface area (Å²) in [5.74, 6) is -0.429. The number of carboxylic acids is 1. The zero-order chi connectivity index (χ0) is 22.0. The molecule has 2 atom stereocenters. The molecule has 0 heterocycles. The first-order valence-corrected chi connectivity index (χ1v) is 12.0. The van der Waals surface area contributed by atoms with Gasteiger partial charge in [-0.3, -0.25) is 4.79 Å². The lowest BCUT2D eigenvalue weighted by molar-refractivity contribution is -0.136. The van der Waals surface area contributed by atoms with E-state index >= 15 is 0 Å². The number of carboxylic acid groups (broad SMARTS) is 1. The van der Waals surface area contributed by atoms with E-state index in [0.29, 0.717) is 16.9 Å². The van der Waals surface area contributed by atoms with E-state index in [1.165, 1.54) is 56.7 Å². The summed E-state index contributed by atoms with van der Waals surface area (Å²) >= 11 is 1.41. The normalized spacial score (nSPS) is 13.5. The Bertz CT molecular complexity index is 709. The van der Waals surface area contributed by atoms with Crippen molar-refractivity contribution >= 4 is 17.7 Å². The third-order valence-electron chi connectivity index (χ3n) is 4.82. The number of unbranched alkanes of at least 4 members (excludes halogenated alkanes) is 7. The average molecular weight is 430 g/mol. The van der Waals surface area contributed by atoms with Crippen LogP contribution in [0.4, 0.5) is 0 Å². The molecule has 164 valence electrons. The predicted molar refractivity (Wildman–Crippen MR) is 126 cm³/mol. The van der Waals surface area contributed by atoms with E-state index in [4.69, 9.17) is 10.4 Å². The molecule has 0 aliphatic carbocycles. The Kier molecular flexibility index (Phi) is 14.5. The smallest absolute Gasteiger partial charge is 0.304 e. The number of aliphatic hydroxyl groups is 1. The Hall–Kier alpha value is -2.03. The molecule has 0 spiro atoms. The number of benzene rings is 1. The lowest BCUT2D eigenvalue weighted by atomic mass is 10.0. The molecule has 0 radical (unpaired) electrons. The largest absolute Gasteiger partial charge is 0.481 e. The molecule has 5 heteroatoms. The Morgan fingerprint density at radius 2 is 1.90 bits per heavy atom. The second-order valence-corrected chi connectivity index (χ2v) is 8.67. The summed E-state index contributed by atoms with van der Waals surface area (Å²) in [6.07, 6.45) is 17.3. The highest BCUT2D eigenvalue weighted by atomic mass is 32.2. The fourth-order valence-electron chi connectivity index (χ4n) is 3.08. The number of nitrogens with zero attached hydrogens (tertiary/aromatic N) is 1. The van der Waals surface area contributed by atoms with Gasteiger partial charge in [-0.1, -0.05) is 81.9 Å². The Balaban J connectivity index is 2.54. The third-order valence-corrected chi connectivity index (χ3v) is 6.06. The molecule has 0 unspecified atom stereocenters. The van der Waals surface area contributed by atoms with Crippen LogP contribution in [-0.2, 0) is 4.79 Å². The Morgan fingerprint density at radius 1 is 1.17 bits per heavy atom. The fraction of sp³-hybridized carbons (Fsp3) is 0.520. The average Bonchev–Trinajstić information content (AvgIpc) is 2.75. The SMILES string of the molecule is CCCCCCCCC/C=C\C=C\[C@H](SCCC(=O)O)[C@H](O)c1cccc(C#N)c1. The number of nitriles is 1. The van der Waals surface area contributed by atoms with Gasteiger partial charge in [-0.15, -0.1) is 0 Å². The number of aliphatic carboxylic acids is 1. The van der Waals surface area contributed by atoms with Gasteiger partial charge in [0.1, 0.15) is 0 Å². The maximum Gasteiger partial charge on any atom is 0.304 e. The topological polar surface area (TPSA) is 81.3 Å². The van der Waals surface area contributed by atoms with Crippen LogP contribution in [-0.4, -0.2) is 27.2 Å². The van der Waals surface area contributed by atoms with Gasteiger partial charge in [0.15, 0.2) is 0 Å².